The number of aryl methyl sites for hydroxylation is 2. The van der Waals surface area contributed by atoms with E-state index in [1.54, 1.807) is 24.4 Å². The lowest BCUT2D eigenvalue weighted by atomic mass is 10.2. The summed E-state index contributed by atoms with van der Waals surface area (Å²) in [6.45, 7) is 4.68. The van der Waals surface area contributed by atoms with E-state index in [-0.39, 0.29) is 17.2 Å². The highest BCUT2D eigenvalue weighted by Crippen LogP contribution is 2.20. The summed E-state index contributed by atoms with van der Waals surface area (Å²) in [4.78, 5) is 34.6. The maximum absolute atomic E-state index is 13.2. The van der Waals surface area contributed by atoms with Crippen molar-refractivity contribution in [3.8, 4) is 11.6 Å². The third-order valence-corrected chi connectivity index (χ3v) is 5.83. The van der Waals surface area contributed by atoms with Gasteiger partial charge in [0.1, 0.15) is 18.2 Å². The van der Waals surface area contributed by atoms with E-state index in [1.807, 2.05) is 56.3 Å². The number of thioether (sulfide) groups is 1. The standard InChI is InChI=1S/C25H24N4O3S/c1-17-6-5-7-19(14-17)32-13-12-27-23(30)16-33-25-28-21-9-4-3-8-20(21)24(31)29(25)22-15-18(2)10-11-26-22/h3-11,14-15H,12-13,16H2,1-2H3,(H,27,30). The van der Waals surface area contributed by atoms with Crippen molar-refractivity contribution in [1.82, 2.24) is 19.9 Å². The Balaban J connectivity index is 1.46. The molecule has 0 unspecified atom stereocenters. The van der Waals surface area contributed by atoms with Crippen LogP contribution in [-0.2, 0) is 4.79 Å². The third-order valence-electron chi connectivity index (χ3n) is 4.89. The van der Waals surface area contributed by atoms with Gasteiger partial charge in [-0.3, -0.25) is 9.59 Å². The molecule has 4 rings (SSSR count). The van der Waals surface area contributed by atoms with Crippen molar-refractivity contribution in [3.05, 3.63) is 88.3 Å². The normalized spacial score (nSPS) is 10.8. The van der Waals surface area contributed by atoms with Gasteiger partial charge < -0.3 is 10.1 Å². The lowest BCUT2D eigenvalue weighted by Crippen LogP contribution is -2.30. The third kappa shape index (κ3) is 5.59. The summed E-state index contributed by atoms with van der Waals surface area (Å²) in [5, 5.41) is 3.76. The topological polar surface area (TPSA) is 86.1 Å². The summed E-state index contributed by atoms with van der Waals surface area (Å²) in [7, 11) is 0. The second-order valence-corrected chi connectivity index (χ2v) is 8.49. The Kier molecular flexibility index (Phi) is 7.04. The average Bonchev–Trinajstić information content (AvgIpc) is 2.81. The zero-order valence-corrected chi connectivity index (χ0v) is 19.3. The summed E-state index contributed by atoms with van der Waals surface area (Å²) in [6, 6.07) is 18.6. The maximum Gasteiger partial charge on any atom is 0.267 e. The summed E-state index contributed by atoms with van der Waals surface area (Å²) >= 11 is 1.20. The van der Waals surface area contributed by atoms with Gasteiger partial charge in [0.2, 0.25) is 5.91 Å². The fourth-order valence-corrected chi connectivity index (χ4v) is 4.13. The highest BCUT2D eigenvalue weighted by molar-refractivity contribution is 7.99. The van der Waals surface area contributed by atoms with Gasteiger partial charge in [0.05, 0.1) is 23.2 Å². The number of benzene rings is 2. The molecule has 0 atom stereocenters. The molecule has 168 valence electrons. The first kappa shape index (κ1) is 22.5. The summed E-state index contributed by atoms with van der Waals surface area (Å²) in [5.74, 6) is 1.20. The van der Waals surface area contributed by atoms with Crippen molar-refractivity contribution in [3.63, 3.8) is 0 Å². The van der Waals surface area contributed by atoms with Crippen LogP contribution in [0.2, 0.25) is 0 Å². The number of nitrogens with one attached hydrogen (secondary N) is 1. The predicted octanol–water partition coefficient (Wildman–Crippen LogP) is 3.68. The van der Waals surface area contributed by atoms with Gasteiger partial charge in [-0.25, -0.2) is 14.5 Å². The fourth-order valence-electron chi connectivity index (χ4n) is 3.30. The number of hydrogen-bond acceptors (Lipinski definition) is 6. The monoisotopic (exact) mass is 460 g/mol. The van der Waals surface area contributed by atoms with E-state index in [9.17, 15) is 9.59 Å². The van der Waals surface area contributed by atoms with Crippen molar-refractivity contribution in [2.45, 2.75) is 19.0 Å². The van der Waals surface area contributed by atoms with Crippen LogP contribution in [0, 0.1) is 13.8 Å². The van der Waals surface area contributed by atoms with Gasteiger partial charge in [-0.15, -0.1) is 0 Å². The van der Waals surface area contributed by atoms with Gasteiger partial charge in [-0.05, 0) is 61.4 Å². The predicted molar refractivity (Wildman–Crippen MR) is 130 cm³/mol. The molecule has 33 heavy (non-hydrogen) atoms. The Labute approximate surface area is 195 Å². The van der Waals surface area contributed by atoms with E-state index in [2.05, 4.69) is 15.3 Å². The highest BCUT2D eigenvalue weighted by atomic mass is 32.2. The molecule has 7 nitrogen and oxygen atoms in total. The molecule has 8 heteroatoms. The SMILES string of the molecule is Cc1cccc(OCCNC(=O)CSc2nc3ccccc3c(=O)n2-c2cc(C)ccn2)c1. The molecular weight excluding hydrogens is 436 g/mol. The Morgan fingerprint density at radius 2 is 1.88 bits per heavy atom. The molecular formula is C25H24N4O3S. The second-order valence-electron chi connectivity index (χ2n) is 7.55. The minimum Gasteiger partial charge on any atom is -0.492 e. The molecule has 2 aromatic heterocycles. The van der Waals surface area contributed by atoms with Gasteiger partial charge in [0.15, 0.2) is 5.16 Å². The lowest BCUT2D eigenvalue weighted by molar-refractivity contribution is -0.118. The van der Waals surface area contributed by atoms with Crippen LogP contribution in [0.15, 0.2) is 76.8 Å². The minimum atomic E-state index is -0.215. The molecule has 0 radical (unpaired) electrons. The molecule has 0 aliphatic heterocycles. The number of pyridine rings is 1. The van der Waals surface area contributed by atoms with E-state index in [0.717, 1.165) is 16.9 Å². The van der Waals surface area contributed by atoms with E-state index < -0.39 is 0 Å². The Bertz CT molecular complexity index is 1350. The number of carbonyl (C=O) groups excluding carboxylic acids is 1. The van der Waals surface area contributed by atoms with Crippen LogP contribution in [0.4, 0.5) is 0 Å². The number of nitrogens with zero attached hydrogens (tertiary/aromatic N) is 3. The molecule has 0 spiro atoms. The lowest BCUT2D eigenvalue weighted by Gasteiger charge is -2.13. The van der Waals surface area contributed by atoms with E-state index in [4.69, 9.17) is 4.74 Å². The number of fused-ring (bicyclic) bond motifs is 1. The number of amides is 1. The first-order valence-electron chi connectivity index (χ1n) is 10.5. The van der Waals surface area contributed by atoms with Crippen LogP contribution in [0.3, 0.4) is 0 Å². The first-order chi connectivity index (χ1) is 16.0. The second kappa shape index (κ2) is 10.3. The smallest absolute Gasteiger partial charge is 0.267 e. The van der Waals surface area contributed by atoms with Crippen molar-refractivity contribution in [2.75, 3.05) is 18.9 Å². The number of hydrogen-bond donors (Lipinski definition) is 1. The number of para-hydroxylation sites is 1. The molecule has 0 aliphatic carbocycles. The van der Waals surface area contributed by atoms with Gasteiger partial charge in [0, 0.05) is 6.20 Å². The quantitative estimate of drug-likeness (QED) is 0.245. The number of aromatic nitrogens is 3. The zero-order valence-electron chi connectivity index (χ0n) is 18.4. The largest absolute Gasteiger partial charge is 0.492 e. The van der Waals surface area contributed by atoms with Crippen molar-refractivity contribution >= 4 is 28.6 Å². The maximum atomic E-state index is 13.2. The van der Waals surface area contributed by atoms with Crippen LogP contribution in [0.1, 0.15) is 11.1 Å². The molecule has 1 amide bonds. The summed E-state index contributed by atoms with van der Waals surface area (Å²) in [5.41, 5.74) is 2.46. The van der Waals surface area contributed by atoms with Crippen LogP contribution in [0.25, 0.3) is 16.7 Å². The fraction of sp³-hybridized carbons (Fsp3) is 0.200. The molecule has 1 N–H and O–H groups in total. The van der Waals surface area contributed by atoms with Gasteiger partial charge in [-0.2, -0.15) is 0 Å². The van der Waals surface area contributed by atoms with Crippen LogP contribution >= 0.6 is 11.8 Å². The van der Waals surface area contributed by atoms with Gasteiger partial charge >= 0.3 is 0 Å². The van der Waals surface area contributed by atoms with Crippen LogP contribution in [-0.4, -0.2) is 39.3 Å². The molecule has 0 bridgehead atoms. The van der Waals surface area contributed by atoms with Crippen molar-refractivity contribution in [2.24, 2.45) is 0 Å². The summed E-state index contributed by atoms with van der Waals surface area (Å²) in [6.07, 6.45) is 1.65. The van der Waals surface area contributed by atoms with Crippen LogP contribution < -0.4 is 15.6 Å². The Morgan fingerprint density at radius 3 is 2.70 bits per heavy atom. The first-order valence-corrected chi connectivity index (χ1v) is 11.5. The van der Waals surface area contributed by atoms with Gasteiger partial charge in [0.25, 0.3) is 5.56 Å². The van der Waals surface area contributed by atoms with Gasteiger partial charge in [-0.1, -0.05) is 36.0 Å². The number of carbonyl (C=O) groups is 1. The van der Waals surface area contributed by atoms with E-state index in [1.165, 1.54) is 16.3 Å². The highest BCUT2D eigenvalue weighted by Gasteiger charge is 2.15. The molecule has 0 saturated heterocycles. The molecule has 0 aliphatic rings. The number of ether oxygens (including phenoxy) is 1. The molecule has 2 aromatic carbocycles. The van der Waals surface area contributed by atoms with E-state index >= 15 is 0 Å². The van der Waals surface area contributed by atoms with Crippen molar-refractivity contribution in [1.29, 1.82) is 0 Å². The van der Waals surface area contributed by atoms with Crippen LogP contribution in [0.5, 0.6) is 5.75 Å². The molecule has 2 heterocycles. The number of rotatable bonds is 8. The Morgan fingerprint density at radius 1 is 1.06 bits per heavy atom. The summed E-state index contributed by atoms with van der Waals surface area (Å²) < 4.78 is 7.13. The molecule has 0 fully saturated rings. The molecule has 0 saturated carbocycles. The zero-order chi connectivity index (χ0) is 23.2. The Hall–Kier alpha value is -3.65. The molecule has 4 aromatic rings. The minimum absolute atomic E-state index is 0.112. The van der Waals surface area contributed by atoms with Crippen molar-refractivity contribution < 1.29 is 9.53 Å². The van der Waals surface area contributed by atoms with E-state index in [0.29, 0.717) is 35.0 Å². The average molecular weight is 461 g/mol.